The van der Waals surface area contributed by atoms with Crippen LogP contribution in [0.4, 0.5) is 0 Å². The molecule has 0 amide bonds. The molecule has 0 aromatic heterocycles. The van der Waals surface area contributed by atoms with Crippen LogP contribution >= 0.6 is 0 Å². The first-order valence-electron chi connectivity index (χ1n) is 10.8. The molecular formula is C23H36O8. The van der Waals surface area contributed by atoms with Crippen molar-refractivity contribution in [1.82, 2.24) is 0 Å². The summed E-state index contributed by atoms with van der Waals surface area (Å²) in [4.78, 5) is 23.8. The summed E-state index contributed by atoms with van der Waals surface area (Å²) in [6, 6.07) is 0. The van der Waals surface area contributed by atoms with Crippen molar-refractivity contribution in [1.29, 1.82) is 0 Å². The first-order valence-corrected chi connectivity index (χ1v) is 10.8. The molecule has 0 bridgehead atoms. The van der Waals surface area contributed by atoms with E-state index in [4.69, 9.17) is 18.9 Å². The van der Waals surface area contributed by atoms with Crippen LogP contribution in [0.3, 0.4) is 0 Å². The SMILES string of the molecule is CC(C)(CCOCCCOCCC(C)(C)C1COC=C(O)C1=O)C1CC(=O)C(O)=CO1. The minimum absolute atomic E-state index is 0.175. The van der Waals surface area contributed by atoms with Crippen molar-refractivity contribution >= 4 is 11.6 Å². The highest BCUT2D eigenvalue weighted by Gasteiger charge is 2.39. The number of allylic oxidation sites excluding steroid dienone is 2. The number of rotatable bonds is 12. The van der Waals surface area contributed by atoms with Crippen molar-refractivity contribution in [3.63, 3.8) is 0 Å². The van der Waals surface area contributed by atoms with Gasteiger partial charge in [-0.05, 0) is 24.7 Å². The molecule has 8 heteroatoms. The van der Waals surface area contributed by atoms with E-state index in [-0.39, 0.29) is 59.0 Å². The maximum absolute atomic E-state index is 12.1. The molecule has 2 unspecified atom stereocenters. The topological polar surface area (TPSA) is 112 Å². The molecule has 0 saturated heterocycles. The lowest BCUT2D eigenvalue weighted by atomic mass is 9.74. The van der Waals surface area contributed by atoms with Crippen LogP contribution in [0.2, 0.25) is 0 Å². The molecule has 0 radical (unpaired) electrons. The third kappa shape index (κ3) is 7.25. The Kier molecular flexibility index (Phi) is 8.94. The highest BCUT2D eigenvalue weighted by atomic mass is 16.5. The summed E-state index contributed by atoms with van der Waals surface area (Å²) in [5.74, 6) is -1.58. The van der Waals surface area contributed by atoms with Crippen LogP contribution < -0.4 is 0 Å². The average molecular weight is 441 g/mol. The number of ketones is 2. The van der Waals surface area contributed by atoms with E-state index in [2.05, 4.69) is 0 Å². The summed E-state index contributed by atoms with van der Waals surface area (Å²) >= 11 is 0. The molecule has 2 N–H and O–H groups in total. The average Bonchev–Trinajstić information content (AvgIpc) is 2.70. The standard InChI is InChI=1S/C23H36O8/c1-22(2,16-13-30-14-19(26)21(16)27)6-10-28-8-5-9-29-11-7-23(3,4)20-12-17(24)18(25)15-31-20/h14-16,20,25-26H,5-13H2,1-4H3. The smallest absolute Gasteiger partial charge is 0.207 e. The molecule has 31 heavy (non-hydrogen) atoms. The van der Waals surface area contributed by atoms with Gasteiger partial charge in [-0.15, -0.1) is 0 Å². The molecule has 176 valence electrons. The molecule has 2 heterocycles. The third-order valence-corrected chi connectivity index (χ3v) is 6.20. The van der Waals surface area contributed by atoms with Crippen LogP contribution in [0.1, 0.15) is 53.4 Å². The lowest BCUT2D eigenvalue weighted by molar-refractivity contribution is -0.130. The van der Waals surface area contributed by atoms with Gasteiger partial charge in [0, 0.05) is 31.8 Å². The highest BCUT2D eigenvalue weighted by molar-refractivity contribution is 5.95. The second-order valence-corrected chi connectivity index (χ2v) is 9.56. The molecule has 0 aliphatic carbocycles. The van der Waals surface area contributed by atoms with Crippen molar-refractivity contribution in [3.8, 4) is 0 Å². The number of aliphatic hydroxyl groups excluding tert-OH is 2. The fourth-order valence-corrected chi connectivity index (χ4v) is 3.58. The van der Waals surface area contributed by atoms with Crippen LogP contribution in [0, 0.1) is 16.7 Å². The Labute approximate surface area is 184 Å². The van der Waals surface area contributed by atoms with Gasteiger partial charge in [0.05, 0.1) is 18.9 Å². The first-order chi connectivity index (χ1) is 14.5. The van der Waals surface area contributed by atoms with E-state index >= 15 is 0 Å². The second-order valence-electron chi connectivity index (χ2n) is 9.56. The third-order valence-electron chi connectivity index (χ3n) is 6.20. The molecule has 0 spiro atoms. The molecule has 0 saturated carbocycles. The van der Waals surface area contributed by atoms with Gasteiger partial charge in [-0.3, -0.25) is 9.59 Å². The molecule has 0 aromatic rings. The Morgan fingerprint density at radius 2 is 1.55 bits per heavy atom. The Hall–Kier alpha value is -2.06. The highest BCUT2D eigenvalue weighted by Crippen LogP contribution is 2.35. The maximum atomic E-state index is 12.1. The van der Waals surface area contributed by atoms with Gasteiger partial charge in [-0.1, -0.05) is 27.7 Å². The summed E-state index contributed by atoms with van der Waals surface area (Å²) < 4.78 is 22.0. The fourth-order valence-electron chi connectivity index (χ4n) is 3.58. The van der Waals surface area contributed by atoms with Gasteiger partial charge < -0.3 is 29.2 Å². The van der Waals surface area contributed by atoms with Crippen molar-refractivity contribution in [2.45, 2.75) is 59.5 Å². The van der Waals surface area contributed by atoms with Gasteiger partial charge in [0.15, 0.2) is 11.5 Å². The Morgan fingerprint density at radius 3 is 2.16 bits per heavy atom. The van der Waals surface area contributed by atoms with Gasteiger partial charge >= 0.3 is 0 Å². The van der Waals surface area contributed by atoms with Gasteiger partial charge in [-0.2, -0.15) is 0 Å². The van der Waals surface area contributed by atoms with E-state index in [0.717, 1.165) is 25.4 Å². The first kappa shape index (κ1) is 25.2. The summed E-state index contributed by atoms with van der Waals surface area (Å²) in [7, 11) is 0. The van der Waals surface area contributed by atoms with Crippen LogP contribution in [-0.4, -0.2) is 60.9 Å². The van der Waals surface area contributed by atoms with Gasteiger partial charge in [0.2, 0.25) is 11.6 Å². The minimum atomic E-state index is -0.379. The molecule has 2 aliphatic rings. The van der Waals surface area contributed by atoms with Gasteiger partial charge in [-0.25, -0.2) is 0 Å². The number of aliphatic hydroxyl groups is 2. The zero-order chi connectivity index (χ0) is 23.1. The Morgan fingerprint density at radius 1 is 0.935 bits per heavy atom. The Bertz CT molecular complexity index is 692. The molecule has 2 atom stereocenters. The molecule has 2 aliphatic heterocycles. The number of carbonyl (C=O) groups is 2. The largest absolute Gasteiger partial charge is 0.502 e. The number of Topliss-reactive ketones (excluding diaryl/α,β-unsaturated/α-hetero) is 2. The van der Waals surface area contributed by atoms with E-state index in [9.17, 15) is 19.8 Å². The maximum Gasteiger partial charge on any atom is 0.207 e. The molecule has 2 rings (SSSR count). The van der Waals surface area contributed by atoms with Crippen molar-refractivity contribution in [2.24, 2.45) is 16.7 Å². The molecule has 8 nitrogen and oxygen atoms in total. The zero-order valence-electron chi connectivity index (χ0n) is 19.0. The fraction of sp³-hybridized carbons (Fsp3) is 0.739. The van der Waals surface area contributed by atoms with Crippen molar-refractivity contribution < 1.29 is 38.7 Å². The van der Waals surface area contributed by atoms with Crippen molar-refractivity contribution in [2.75, 3.05) is 33.0 Å². The van der Waals surface area contributed by atoms with E-state index in [1.807, 2.05) is 27.7 Å². The van der Waals surface area contributed by atoms with Crippen molar-refractivity contribution in [3.05, 3.63) is 24.0 Å². The monoisotopic (exact) mass is 440 g/mol. The van der Waals surface area contributed by atoms with Crippen LogP contribution in [0.25, 0.3) is 0 Å². The predicted molar refractivity (Wildman–Crippen MR) is 113 cm³/mol. The summed E-state index contributed by atoms with van der Waals surface area (Å²) in [6.07, 6.45) is 4.31. The van der Waals surface area contributed by atoms with Crippen LogP contribution in [0.15, 0.2) is 24.0 Å². The number of hydrogen-bond donors (Lipinski definition) is 2. The zero-order valence-corrected chi connectivity index (χ0v) is 19.0. The number of ether oxygens (including phenoxy) is 4. The lowest BCUT2D eigenvalue weighted by Gasteiger charge is -2.34. The van der Waals surface area contributed by atoms with E-state index in [1.165, 1.54) is 0 Å². The molecular weight excluding hydrogens is 404 g/mol. The quantitative estimate of drug-likeness (QED) is 0.443. The molecule has 0 aromatic carbocycles. The van der Waals surface area contributed by atoms with Gasteiger partial charge in [0.1, 0.15) is 18.6 Å². The van der Waals surface area contributed by atoms with Gasteiger partial charge in [0.25, 0.3) is 0 Å². The van der Waals surface area contributed by atoms with Crippen LogP contribution in [-0.2, 0) is 28.5 Å². The van der Waals surface area contributed by atoms with E-state index in [1.54, 1.807) is 0 Å². The normalized spacial score (nSPS) is 22.5. The van der Waals surface area contributed by atoms with Crippen LogP contribution in [0.5, 0.6) is 0 Å². The van der Waals surface area contributed by atoms with E-state index < -0.39 is 0 Å². The lowest BCUT2D eigenvalue weighted by Crippen LogP contribution is -2.38. The Balaban J connectivity index is 1.55. The number of hydrogen-bond acceptors (Lipinski definition) is 8. The summed E-state index contributed by atoms with van der Waals surface area (Å²) in [6.45, 7) is 10.5. The second kappa shape index (κ2) is 11.0. The van der Waals surface area contributed by atoms with E-state index in [0.29, 0.717) is 32.8 Å². The summed E-state index contributed by atoms with van der Waals surface area (Å²) in [5.41, 5.74) is -0.589. The minimum Gasteiger partial charge on any atom is -0.502 e. The summed E-state index contributed by atoms with van der Waals surface area (Å²) in [5, 5.41) is 18.9. The predicted octanol–water partition coefficient (Wildman–Crippen LogP) is 3.61. The molecule has 0 fully saturated rings. The number of carbonyl (C=O) groups excluding carboxylic acids is 2.